The molecule has 0 saturated heterocycles. The van der Waals surface area contributed by atoms with Gasteiger partial charge in [0.2, 0.25) is 5.91 Å². The van der Waals surface area contributed by atoms with E-state index < -0.39 is 17.6 Å². The molecule has 2 unspecified atom stereocenters. The second-order valence-corrected chi connectivity index (χ2v) is 8.25. The number of amides is 2. The summed E-state index contributed by atoms with van der Waals surface area (Å²) in [5.41, 5.74) is 1.07. The number of nitrogens with zero attached hydrogens (tertiary/aromatic N) is 3. The summed E-state index contributed by atoms with van der Waals surface area (Å²) in [6.45, 7) is 0.317. The summed E-state index contributed by atoms with van der Waals surface area (Å²) >= 11 is 0. The van der Waals surface area contributed by atoms with Crippen molar-refractivity contribution < 1.29 is 14.7 Å². The molecule has 1 aromatic heterocycles. The van der Waals surface area contributed by atoms with Crippen LogP contribution in [0.3, 0.4) is 0 Å². The van der Waals surface area contributed by atoms with E-state index >= 15 is 0 Å². The van der Waals surface area contributed by atoms with E-state index in [1.54, 1.807) is 16.9 Å². The maximum atomic E-state index is 13.6. The van der Waals surface area contributed by atoms with Crippen molar-refractivity contribution in [2.24, 2.45) is 7.05 Å². The number of carbonyl (C=O) groups excluding carboxylic acids is 2. The third kappa shape index (κ3) is 3.97. The number of carbonyl (C=O) groups is 2. The third-order valence-electron chi connectivity index (χ3n) is 6.16. The highest BCUT2D eigenvalue weighted by Gasteiger charge is 2.49. The van der Waals surface area contributed by atoms with Gasteiger partial charge < -0.3 is 10.4 Å². The zero-order valence-electron chi connectivity index (χ0n) is 18.0. The highest BCUT2D eigenvalue weighted by atomic mass is 16.3. The number of benzene rings is 2. The lowest BCUT2D eigenvalue weighted by Gasteiger charge is -2.45. The van der Waals surface area contributed by atoms with Gasteiger partial charge in [-0.05, 0) is 48.9 Å². The van der Waals surface area contributed by atoms with Gasteiger partial charge in [0, 0.05) is 31.1 Å². The molecule has 2 atom stereocenters. The molecule has 7 nitrogen and oxygen atoms in total. The second-order valence-electron chi connectivity index (χ2n) is 8.25. The lowest BCUT2D eigenvalue weighted by atomic mass is 9.77. The van der Waals surface area contributed by atoms with Gasteiger partial charge in [-0.15, -0.1) is 6.42 Å². The molecule has 32 heavy (non-hydrogen) atoms. The molecule has 1 fully saturated rings. The molecule has 0 bridgehead atoms. The predicted octanol–water partition coefficient (Wildman–Crippen LogP) is 2.53. The van der Waals surface area contributed by atoms with Gasteiger partial charge in [-0.3, -0.25) is 19.2 Å². The first kappa shape index (κ1) is 21.6. The smallest absolute Gasteiger partial charge is 0.303 e. The third-order valence-corrected chi connectivity index (χ3v) is 6.16. The normalized spacial score (nSPS) is 20.5. The van der Waals surface area contributed by atoms with Crippen molar-refractivity contribution in [3.63, 3.8) is 0 Å². The summed E-state index contributed by atoms with van der Waals surface area (Å²) in [6, 6.07) is 15.0. The summed E-state index contributed by atoms with van der Waals surface area (Å²) < 4.78 is 1.74. The van der Waals surface area contributed by atoms with Gasteiger partial charge in [-0.25, -0.2) is 0 Å². The fourth-order valence-corrected chi connectivity index (χ4v) is 4.59. The minimum Gasteiger partial charge on any atom is -0.393 e. The highest BCUT2D eigenvalue weighted by Crippen LogP contribution is 2.38. The molecule has 1 aliphatic carbocycles. The van der Waals surface area contributed by atoms with Crippen molar-refractivity contribution in [3.8, 4) is 12.3 Å². The number of nitrogens with one attached hydrogen (secondary N) is 1. The van der Waals surface area contributed by atoms with E-state index in [0.717, 1.165) is 16.5 Å². The molecule has 4 rings (SSSR count). The van der Waals surface area contributed by atoms with Crippen LogP contribution in [0, 0.1) is 12.3 Å². The Hall–Kier alpha value is -3.63. The van der Waals surface area contributed by atoms with Crippen molar-refractivity contribution in [1.29, 1.82) is 0 Å². The van der Waals surface area contributed by atoms with E-state index in [1.165, 1.54) is 4.90 Å². The maximum absolute atomic E-state index is 13.6. The van der Waals surface area contributed by atoms with Crippen LogP contribution in [0.5, 0.6) is 0 Å². The number of aromatic nitrogens is 2. The topological polar surface area (TPSA) is 87.5 Å². The average Bonchev–Trinajstić information content (AvgIpc) is 3.18. The Bertz CT molecular complexity index is 1180. The SMILES string of the molecule is C#CC(=O)N(c1ccc2c(cnn2C)c1)C1(C(=O)NCc2ccccc2)CCCC(O)C1. The Balaban J connectivity index is 1.75. The lowest BCUT2D eigenvalue weighted by Crippen LogP contribution is -2.63. The van der Waals surface area contributed by atoms with Crippen molar-refractivity contribution in [2.45, 2.75) is 43.9 Å². The van der Waals surface area contributed by atoms with Crippen LogP contribution in [0.25, 0.3) is 10.9 Å². The maximum Gasteiger partial charge on any atom is 0.303 e. The van der Waals surface area contributed by atoms with Crippen LogP contribution < -0.4 is 10.2 Å². The Kier molecular flexibility index (Phi) is 5.97. The molecule has 0 aliphatic heterocycles. The van der Waals surface area contributed by atoms with Crippen molar-refractivity contribution >= 4 is 28.4 Å². The van der Waals surface area contributed by atoms with Gasteiger partial charge >= 0.3 is 5.91 Å². The number of anilines is 1. The van der Waals surface area contributed by atoms with E-state index in [9.17, 15) is 14.7 Å². The van der Waals surface area contributed by atoms with Gasteiger partial charge in [0.1, 0.15) is 5.54 Å². The number of fused-ring (bicyclic) bond motifs is 1. The van der Waals surface area contributed by atoms with E-state index in [4.69, 9.17) is 6.42 Å². The average molecular weight is 431 g/mol. The van der Waals surface area contributed by atoms with Crippen LogP contribution in [0.1, 0.15) is 31.2 Å². The lowest BCUT2D eigenvalue weighted by molar-refractivity contribution is -0.132. The number of hydrogen-bond acceptors (Lipinski definition) is 4. The first-order chi connectivity index (χ1) is 15.4. The molecular formula is C25H26N4O3. The summed E-state index contributed by atoms with van der Waals surface area (Å²) in [4.78, 5) is 28.1. The quantitative estimate of drug-likeness (QED) is 0.609. The first-order valence-electron chi connectivity index (χ1n) is 10.7. The molecular weight excluding hydrogens is 404 g/mol. The van der Waals surface area contributed by atoms with Crippen LogP contribution in [-0.4, -0.2) is 38.3 Å². The van der Waals surface area contributed by atoms with Crippen molar-refractivity contribution in [1.82, 2.24) is 15.1 Å². The highest BCUT2D eigenvalue weighted by molar-refractivity contribution is 6.11. The van der Waals surface area contributed by atoms with E-state index in [-0.39, 0.29) is 12.3 Å². The second kappa shape index (κ2) is 8.85. The number of aliphatic hydroxyl groups excluding tert-OH is 1. The van der Waals surface area contributed by atoms with Crippen LogP contribution in [0.15, 0.2) is 54.7 Å². The van der Waals surface area contributed by atoms with Gasteiger partial charge in [0.05, 0.1) is 17.8 Å². The standard InChI is InChI=1S/C25H26N4O3/c1-3-23(31)29(20-11-12-22-19(14-20)17-27-28(22)2)25(13-7-10-21(30)15-25)24(32)26-16-18-8-5-4-6-9-18/h1,4-6,8-9,11-12,14,17,21,30H,7,10,13,15-16H2,2H3,(H,26,32). The Morgan fingerprint density at radius 3 is 2.81 bits per heavy atom. The molecule has 164 valence electrons. The van der Waals surface area contributed by atoms with Gasteiger partial charge in [-0.1, -0.05) is 30.3 Å². The molecule has 1 aliphatic rings. The van der Waals surface area contributed by atoms with Gasteiger partial charge in [0.15, 0.2) is 0 Å². The summed E-state index contributed by atoms with van der Waals surface area (Å²) in [5, 5.41) is 18.6. The van der Waals surface area contributed by atoms with Crippen LogP contribution >= 0.6 is 0 Å². The zero-order chi connectivity index (χ0) is 22.7. The molecule has 2 amide bonds. The summed E-state index contributed by atoms with van der Waals surface area (Å²) in [7, 11) is 1.84. The summed E-state index contributed by atoms with van der Waals surface area (Å²) in [6.07, 6.45) is 8.24. The number of terminal acetylenes is 1. The van der Waals surface area contributed by atoms with Crippen LogP contribution in [0.4, 0.5) is 5.69 Å². The van der Waals surface area contributed by atoms with E-state index in [0.29, 0.717) is 31.5 Å². The molecule has 7 heteroatoms. The fourth-order valence-electron chi connectivity index (χ4n) is 4.59. The molecule has 3 aromatic rings. The molecule has 2 N–H and O–H groups in total. The molecule has 0 radical (unpaired) electrons. The molecule has 1 heterocycles. The minimum absolute atomic E-state index is 0.117. The molecule has 2 aromatic carbocycles. The number of aliphatic hydroxyl groups is 1. The Morgan fingerprint density at radius 2 is 2.09 bits per heavy atom. The first-order valence-corrected chi connectivity index (χ1v) is 10.7. The monoisotopic (exact) mass is 430 g/mol. The number of aryl methyl sites for hydroxylation is 1. The van der Waals surface area contributed by atoms with Gasteiger partial charge in [0.25, 0.3) is 0 Å². The molecule has 1 saturated carbocycles. The Morgan fingerprint density at radius 1 is 1.31 bits per heavy atom. The minimum atomic E-state index is -1.29. The number of hydrogen-bond donors (Lipinski definition) is 2. The Labute approximate surface area is 187 Å². The zero-order valence-corrected chi connectivity index (χ0v) is 18.0. The fraction of sp³-hybridized carbons (Fsp3) is 0.320. The van der Waals surface area contributed by atoms with Crippen molar-refractivity contribution in [2.75, 3.05) is 4.90 Å². The van der Waals surface area contributed by atoms with Crippen LogP contribution in [-0.2, 0) is 23.2 Å². The van der Waals surface area contributed by atoms with Crippen LogP contribution in [0.2, 0.25) is 0 Å². The van der Waals surface area contributed by atoms with E-state index in [1.807, 2.05) is 49.5 Å². The van der Waals surface area contributed by atoms with Gasteiger partial charge in [-0.2, -0.15) is 5.10 Å². The summed E-state index contributed by atoms with van der Waals surface area (Å²) in [5.74, 6) is 1.25. The number of rotatable bonds is 5. The predicted molar refractivity (Wildman–Crippen MR) is 123 cm³/mol. The van der Waals surface area contributed by atoms with E-state index in [2.05, 4.69) is 16.3 Å². The largest absolute Gasteiger partial charge is 0.393 e. The van der Waals surface area contributed by atoms with Crippen molar-refractivity contribution in [3.05, 3.63) is 60.3 Å². The molecule has 0 spiro atoms.